The van der Waals surface area contributed by atoms with Crippen molar-refractivity contribution in [2.24, 2.45) is 11.3 Å². The highest BCUT2D eigenvalue weighted by molar-refractivity contribution is 4.80. The van der Waals surface area contributed by atoms with Gasteiger partial charge >= 0.3 is 0 Å². The van der Waals surface area contributed by atoms with Gasteiger partial charge in [-0.25, -0.2) is 0 Å². The van der Waals surface area contributed by atoms with Crippen LogP contribution in [0.3, 0.4) is 0 Å². The van der Waals surface area contributed by atoms with Gasteiger partial charge in [0.15, 0.2) is 0 Å². The Balaban J connectivity index is 2.15. The second-order valence-electron chi connectivity index (χ2n) is 7.51. The van der Waals surface area contributed by atoms with E-state index in [-0.39, 0.29) is 0 Å². The summed E-state index contributed by atoms with van der Waals surface area (Å²) in [5, 5.41) is 3.85. The molecule has 1 aliphatic rings. The van der Waals surface area contributed by atoms with Crippen LogP contribution in [0.5, 0.6) is 0 Å². The van der Waals surface area contributed by atoms with Crippen LogP contribution >= 0.6 is 0 Å². The normalized spacial score (nSPS) is 24.6. The van der Waals surface area contributed by atoms with Crippen LogP contribution in [0.1, 0.15) is 91.9 Å². The Hall–Kier alpha value is -0.0400. The van der Waals surface area contributed by atoms with E-state index in [0.29, 0.717) is 5.41 Å². The van der Waals surface area contributed by atoms with Crippen molar-refractivity contribution in [2.75, 3.05) is 6.54 Å². The average Bonchev–Trinajstić information content (AvgIpc) is 2.39. The van der Waals surface area contributed by atoms with Gasteiger partial charge in [0.25, 0.3) is 0 Å². The maximum absolute atomic E-state index is 3.85. The average molecular weight is 268 g/mol. The zero-order valence-electron chi connectivity index (χ0n) is 13.9. The fourth-order valence-electron chi connectivity index (χ4n) is 3.43. The highest BCUT2D eigenvalue weighted by Crippen LogP contribution is 2.29. The lowest BCUT2D eigenvalue weighted by Gasteiger charge is -2.33. The zero-order valence-corrected chi connectivity index (χ0v) is 13.9. The highest BCUT2D eigenvalue weighted by Gasteiger charge is 2.23. The molecule has 1 heteroatoms. The van der Waals surface area contributed by atoms with Gasteiger partial charge in [-0.05, 0) is 43.4 Å². The standard InChI is InChI=1S/C18H37N/c1-5-7-8-14-18(3,4)15-19-17-12-10-16(9-6-2)11-13-17/h16-17,19H,5-15H2,1-4H3. The molecular weight excluding hydrogens is 230 g/mol. The molecule has 19 heavy (non-hydrogen) atoms. The fraction of sp³-hybridized carbons (Fsp3) is 1.00. The van der Waals surface area contributed by atoms with Gasteiger partial charge in [0, 0.05) is 12.6 Å². The second kappa shape index (κ2) is 9.00. The molecule has 0 spiro atoms. The first kappa shape index (κ1) is 17.0. The van der Waals surface area contributed by atoms with Crippen LogP contribution in [0.25, 0.3) is 0 Å². The summed E-state index contributed by atoms with van der Waals surface area (Å²) in [7, 11) is 0. The Kier molecular flexibility index (Phi) is 8.06. The maximum atomic E-state index is 3.85. The Morgan fingerprint density at radius 1 is 0.947 bits per heavy atom. The number of hydrogen-bond donors (Lipinski definition) is 1. The molecule has 0 aromatic rings. The summed E-state index contributed by atoms with van der Waals surface area (Å²) in [6.07, 6.45) is 14.1. The predicted octanol–water partition coefficient (Wildman–Crippen LogP) is 5.54. The molecule has 1 saturated carbocycles. The van der Waals surface area contributed by atoms with Gasteiger partial charge in [0.2, 0.25) is 0 Å². The Morgan fingerprint density at radius 3 is 2.21 bits per heavy atom. The van der Waals surface area contributed by atoms with Gasteiger partial charge in [-0.1, -0.05) is 59.8 Å². The van der Waals surface area contributed by atoms with Crippen molar-refractivity contribution in [1.82, 2.24) is 5.32 Å². The lowest BCUT2D eigenvalue weighted by Crippen LogP contribution is -2.39. The van der Waals surface area contributed by atoms with E-state index >= 15 is 0 Å². The van der Waals surface area contributed by atoms with Crippen molar-refractivity contribution in [3.8, 4) is 0 Å². The molecule has 1 N–H and O–H groups in total. The van der Waals surface area contributed by atoms with Crippen LogP contribution in [-0.2, 0) is 0 Å². The van der Waals surface area contributed by atoms with Gasteiger partial charge in [0.05, 0.1) is 0 Å². The van der Waals surface area contributed by atoms with E-state index < -0.39 is 0 Å². The van der Waals surface area contributed by atoms with Crippen LogP contribution in [-0.4, -0.2) is 12.6 Å². The Labute approximate surface area is 121 Å². The SMILES string of the molecule is CCCCCC(C)(C)CNC1CCC(CCC)CC1. The molecule has 1 nitrogen and oxygen atoms in total. The van der Waals surface area contributed by atoms with Crippen molar-refractivity contribution >= 4 is 0 Å². The van der Waals surface area contributed by atoms with E-state index in [1.165, 1.54) is 70.8 Å². The van der Waals surface area contributed by atoms with E-state index in [1.807, 2.05) is 0 Å². The van der Waals surface area contributed by atoms with Crippen molar-refractivity contribution < 1.29 is 0 Å². The maximum Gasteiger partial charge on any atom is 0.00674 e. The molecule has 1 fully saturated rings. The first-order chi connectivity index (χ1) is 9.07. The molecular formula is C18H37N. The molecule has 0 bridgehead atoms. The van der Waals surface area contributed by atoms with Crippen LogP contribution in [0.4, 0.5) is 0 Å². The number of rotatable bonds is 9. The Morgan fingerprint density at radius 2 is 1.63 bits per heavy atom. The summed E-state index contributed by atoms with van der Waals surface area (Å²) in [6.45, 7) is 10.7. The van der Waals surface area contributed by atoms with Crippen molar-refractivity contribution in [3.63, 3.8) is 0 Å². The van der Waals surface area contributed by atoms with Gasteiger partial charge in [0.1, 0.15) is 0 Å². The topological polar surface area (TPSA) is 12.0 Å². The summed E-state index contributed by atoms with van der Waals surface area (Å²) in [5.74, 6) is 1.03. The molecule has 0 aromatic heterocycles. The predicted molar refractivity (Wildman–Crippen MR) is 86.6 cm³/mol. The minimum Gasteiger partial charge on any atom is -0.313 e. The van der Waals surface area contributed by atoms with Gasteiger partial charge in [-0.3, -0.25) is 0 Å². The summed E-state index contributed by atoms with van der Waals surface area (Å²) < 4.78 is 0. The summed E-state index contributed by atoms with van der Waals surface area (Å²) in [5.41, 5.74) is 0.482. The molecule has 0 aliphatic heterocycles. The third kappa shape index (κ3) is 7.34. The second-order valence-corrected chi connectivity index (χ2v) is 7.51. The van der Waals surface area contributed by atoms with Crippen molar-refractivity contribution in [1.29, 1.82) is 0 Å². The van der Waals surface area contributed by atoms with E-state index in [0.717, 1.165) is 12.0 Å². The van der Waals surface area contributed by atoms with Crippen molar-refractivity contribution in [3.05, 3.63) is 0 Å². The number of unbranched alkanes of at least 4 members (excludes halogenated alkanes) is 2. The first-order valence-electron chi connectivity index (χ1n) is 8.80. The summed E-state index contributed by atoms with van der Waals surface area (Å²) in [6, 6.07) is 0.804. The molecule has 1 aliphatic carbocycles. The summed E-state index contributed by atoms with van der Waals surface area (Å²) in [4.78, 5) is 0. The summed E-state index contributed by atoms with van der Waals surface area (Å²) >= 11 is 0. The number of hydrogen-bond acceptors (Lipinski definition) is 1. The third-order valence-electron chi connectivity index (χ3n) is 4.87. The smallest absolute Gasteiger partial charge is 0.00674 e. The third-order valence-corrected chi connectivity index (χ3v) is 4.87. The van der Waals surface area contributed by atoms with E-state index in [1.54, 1.807) is 0 Å². The minimum atomic E-state index is 0.482. The van der Waals surface area contributed by atoms with E-state index in [9.17, 15) is 0 Å². The van der Waals surface area contributed by atoms with Gasteiger partial charge < -0.3 is 5.32 Å². The minimum absolute atomic E-state index is 0.482. The molecule has 0 aromatic carbocycles. The first-order valence-corrected chi connectivity index (χ1v) is 8.80. The van der Waals surface area contributed by atoms with Crippen molar-refractivity contribution in [2.45, 2.75) is 97.9 Å². The molecule has 114 valence electrons. The monoisotopic (exact) mass is 267 g/mol. The quantitative estimate of drug-likeness (QED) is 0.541. The van der Waals surface area contributed by atoms with Crippen LogP contribution in [0.2, 0.25) is 0 Å². The fourth-order valence-corrected chi connectivity index (χ4v) is 3.43. The molecule has 0 unspecified atom stereocenters. The molecule has 0 amide bonds. The van der Waals surface area contributed by atoms with E-state index in [2.05, 4.69) is 33.0 Å². The van der Waals surface area contributed by atoms with Crippen LogP contribution in [0, 0.1) is 11.3 Å². The highest BCUT2D eigenvalue weighted by atomic mass is 14.9. The zero-order chi connectivity index (χ0) is 14.1. The largest absolute Gasteiger partial charge is 0.313 e. The molecule has 0 atom stereocenters. The van der Waals surface area contributed by atoms with Crippen LogP contribution in [0.15, 0.2) is 0 Å². The lowest BCUT2D eigenvalue weighted by atomic mass is 9.82. The molecule has 0 radical (unpaired) electrons. The number of nitrogens with one attached hydrogen (secondary N) is 1. The lowest BCUT2D eigenvalue weighted by molar-refractivity contribution is 0.237. The molecule has 1 rings (SSSR count). The molecule has 0 saturated heterocycles. The van der Waals surface area contributed by atoms with Gasteiger partial charge in [-0.2, -0.15) is 0 Å². The van der Waals surface area contributed by atoms with Crippen LogP contribution < -0.4 is 5.32 Å². The molecule has 0 heterocycles. The van der Waals surface area contributed by atoms with E-state index in [4.69, 9.17) is 0 Å². The van der Waals surface area contributed by atoms with Gasteiger partial charge in [-0.15, -0.1) is 0 Å². The Bertz CT molecular complexity index is 214.